The average molecular weight is 534 g/mol. The maximum atomic E-state index is 9.53. The zero-order valence-electron chi connectivity index (χ0n) is 22.6. The summed E-state index contributed by atoms with van der Waals surface area (Å²) in [7, 11) is 0. The molecule has 0 saturated heterocycles. The third-order valence-corrected chi connectivity index (χ3v) is 8.51. The van der Waals surface area contributed by atoms with E-state index < -0.39 is 0 Å². The molecule has 0 bridgehead atoms. The summed E-state index contributed by atoms with van der Waals surface area (Å²) in [5.41, 5.74) is 13.0. The lowest BCUT2D eigenvalue weighted by Crippen LogP contribution is -2.00. The number of nitriles is 2. The summed E-state index contributed by atoms with van der Waals surface area (Å²) in [4.78, 5) is 0. The Bertz CT molecular complexity index is 2290. The van der Waals surface area contributed by atoms with Gasteiger partial charge in [-0.25, -0.2) is 0 Å². The Morgan fingerprint density at radius 2 is 1.19 bits per heavy atom. The number of benzene rings is 6. The van der Waals surface area contributed by atoms with Gasteiger partial charge in [0.25, 0.3) is 0 Å². The van der Waals surface area contributed by atoms with Gasteiger partial charge in [-0.05, 0) is 87.5 Å². The molecule has 7 aromatic rings. The molecule has 194 valence electrons. The van der Waals surface area contributed by atoms with Crippen LogP contribution in [0, 0.1) is 22.7 Å². The van der Waals surface area contributed by atoms with Crippen molar-refractivity contribution in [1.29, 1.82) is 10.5 Å². The first-order chi connectivity index (χ1) is 20.7. The van der Waals surface area contributed by atoms with Gasteiger partial charge in [0.2, 0.25) is 0 Å². The predicted molar refractivity (Wildman–Crippen MR) is 168 cm³/mol. The lowest BCUT2D eigenvalue weighted by molar-refractivity contribution is 1.02. The minimum Gasteiger partial charge on any atom is -0.309 e. The van der Waals surface area contributed by atoms with Crippen LogP contribution in [0.25, 0.3) is 49.7 Å². The van der Waals surface area contributed by atoms with Crippen molar-refractivity contribution in [2.75, 3.05) is 0 Å². The van der Waals surface area contributed by atoms with E-state index >= 15 is 0 Å². The van der Waals surface area contributed by atoms with Crippen molar-refractivity contribution >= 4 is 21.8 Å². The summed E-state index contributed by atoms with van der Waals surface area (Å²) in [5, 5.41) is 21.3. The van der Waals surface area contributed by atoms with Gasteiger partial charge in [-0.1, -0.05) is 84.9 Å². The molecule has 3 nitrogen and oxygen atoms in total. The molecule has 0 amide bonds. The zero-order chi connectivity index (χ0) is 28.2. The Morgan fingerprint density at radius 1 is 0.500 bits per heavy atom. The Kier molecular flexibility index (Phi) is 5.33. The van der Waals surface area contributed by atoms with Gasteiger partial charge in [-0.15, -0.1) is 0 Å². The van der Waals surface area contributed by atoms with E-state index in [1.165, 1.54) is 22.3 Å². The number of para-hydroxylation sites is 1. The van der Waals surface area contributed by atoms with E-state index in [0.717, 1.165) is 44.2 Å². The molecule has 1 aliphatic rings. The minimum absolute atomic E-state index is 0.110. The normalized spacial score (nSPS) is 13.4. The second kappa shape index (κ2) is 9.34. The molecule has 0 fully saturated rings. The molecule has 42 heavy (non-hydrogen) atoms. The van der Waals surface area contributed by atoms with Crippen LogP contribution in [0.5, 0.6) is 0 Å². The van der Waals surface area contributed by atoms with E-state index in [1.807, 2.05) is 36.4 Å². The number of fused-ring (bicyclic) bond motifs is 6. The molecule has 0 saturated carbocycles. The van der Waals surface area contributed by atoms with Gasteiger partial charge in [0.05, 0.1) is 34.3 Å². The van der Waals surface area contributed by atoms with Crippen LogP contribution in [0.1, 0.15) is 33.7 Å². The Balaban J connectivity index is 1.26. The van der Waals surface area contributed by atoms with E-state index in [-0.39, 0.29) is 5.92 Å². The topological polar surface area (TPSA) is 52.5 Å². The Labute approximate surface area is 243 Å². The smallest absolute Gasteiger partial charge is 0.0991 e. The van der Waals surface area contributed by atoms with Gasteiger partial charge in [0.1, 0.15) is 0 Å². The Hall–Kier alpha value is -5.90. The van der Waals surface area contributed by atoms with Crippen LogP contribution in [0.3, 0.4) is 0 Å². The fourth-order valence-corrected chi connectivity index (χ4v) is 6.67. The summed E-state index contributed by atoms with van der Waals surface area (Å²) >= 11 is 0. The first-order valence-corrected chi connectivity index (χ1v) is 14.0. The highest BCUT2D eigenvalue weighted by molar-refractivity contribution is 6.09. The van der Waals surface area contributed by atoms with Crippen molar-refractivity contribution in [2.45, 2.75) is 5.92 Å². The van der Waals surface area contributed by atoms with Crippen molar-refractivity contribution in [2.24, 2.45) is 0 Å². The maximum absolute atomic E-state index is 9.53. The molecule has 0 radical (unpaired) electrons. The fourth-order valence-electron chi connectivity index (χ4n) is 6.67. The largest absolute Gasteiger partial charge is 0.309 e. The molecule has 1 aliphatic carbocycles. The van der Waals surface area contributed by atoms with Crippen LogP contribution in [0.15, 0.2) is 133 Å². The van der Waals surface area contributed by atoms with Gasteiger partial charge >= 0.3 is 0 Å². The van der Waals surface area contributed by atoms with Crippen LogP contribution in [0.2, 0.25) is 0 Å². The van der Waals surface area contributed by atoms with Gasteiger partial charge < -0.3 is 4.57 Å². The number of aromatic nitrogens is 1. The highest BCUT2D eigenvalue weighted by atomic mass is 15.0. The van der Waals surface area contributed by atoms with Gasteiger partial charge in [0, 0.05) is 22.4 Å². The van der Waals surface area contributed by atoms with E-state index in [9.17, 15) is 10.5 Å². The number of nitrogens with zero attached hydrogens (tertiary/aromatic N) is 3. The average Bonchev–Trinajstić information content (AvgIpc) is 3.57. The summed E-state index contributed by atoms with van der Waals surface area (Å²) < 4.78 is 2.29. The summed E-state index contributed by atoms with van der Waals surface area (Å²) in [6.45, 7) is 0. The second-order valence-corrected chi connectivity index (χ2v) is 10.8. The third kappa shape index (κ3) is 3.58. The first kappa shape index (κ1) is 23.9. The molecule has 1 atom stereocenters. The lowest BCUT2D eigenvalue weighted by atomic mass is 9.87. The van der Waals surface area contributed by atoms with E-state index in [1.54, 1.807) is 0 Å². The minimum atomic E-state index is 0.110. The van der Waals surface area contributed by atoms with Crippen LogP contribution in [-0.4, -0.2) is 4.57 Å². The Morgan fingerprint density at radius 3 is 2.07 bits per heavy atom. The third-order valence-electron chi connectivity index (χ3n) is 8.51. The van der Waals surface area contributed by atoms with E-state index in [2.05, 4.69) is 114 Å². The van der Waals surface area contributed by atoms with Crippen LogP contribution in [0.4, 0.5) is 0 Å². The van der Waals surface area contributed by atoms with Crippen molar-refractivity contribution < 1.29 is 0 Å². The molecule has 6 aromatic carbocycles. The SMILES string of the molecule is N#Cc1ccc2c(c1)-c1ccccc1C2c1cccc(-c2cccc(-n3c4ccccc4c4cc(C#N)ccc43)c2)c1. The van der Waals surface area contributed by atoms with E-state index in [4.69, 9.17) is 0 Å². The highest BCUT2D eigenvalue weighted by Gasteiger charge is 2.30. The monoisotopic (exact) mass is 533 g/mol. The molecule has 8 rings (SSSR count). The predicted octanol–water partition coefficient (Wildman–Crippen LogP) is 9.35. The van der Waals surface area contributed by atoms with Crippen LogP contribution in [-0.2, 0) is 0 Å². The van der Waals surface area contributed by atoms with Crippen molar-refractivity contribution in [3.8, 4) is 40.1 Å². The number of rotatable bonds is 3. The number of hydrogen-bond donors (Lipinski definition) is 0. The molecule has 3 heteroatoms. The summed E-state index contributed by atoms with van der Waals surface area (Å²) in [5.74, 6) is 0.110. The molecular formula is C39H23N3. The lowest BCUT2D eigenvalue weighted by Gasteiger charge is -2.16. The first-order valence-electron chi connectivity index (χ1n) is 14.0. The van der Waals surface area contributed by atoms with Gasteiger partial charge in [0.15, 0.2) is 0 Å². The maximum Gasteiger partial charge on any atom is 0.0991 e. The highest BCUT2D eigenvalue weighted by Crippen LogP contribution is 2.48. The molecular weight excluding hydrogens is 510 g/mol. The van der Waals surface area contributed by atoms with Crippen LogP contribution >= 0.6 is 0 Å². The standard InChI is InChI=1S/C39H23N3/c40-23-25-15-17-34-35(19-25)31-11-1-2-13-33(31)39(34)29-9-5-7-27(21-29)28-8-6-10-30(22-28)42-37-14-4-3-12-32(37)36-20-26(24-41)16-18-38(36)42/h1-22,39H. The molecule has 1 aromatic heterocycles. The van der Waals surface area contributed by atoms with Gasteiger partial charge in [-0.3, -0.25) is 0 Å². The summed E-state index contributed by atoms with van der Waals surface area (Å²) in [6.07, 6.45) is 0. The zero-order valence-corrected chi connectivity index (χ0v) is 22.6. The van der Waals surface area contributed by atoms with Crippen molar-refractivity contribution in [3.63, 3.8) is 0 Å². The summed E-state index contributed by atoms with van der Waals surface area (Å²) in [6, 6.07) is 51.0. The molecule has 0 aliphatic heterocycles. The molecule has 0 N–H and O–H groups in total. The molecule has 1 heterocycles. The van der Waals surface area contributed by atoms with E-state index in [0.29, 0.717) is 11.1 Å². The van der Waals surface area contributed by atoms with Crippen molar-refractivity contribution in [1.82, 2.24) is 4.57 Å². The quantitative estimate of drug-likeness (QED) is 0.227. The fraction of sp³-hybridized carbons (Fsp3) is 0.0256. The van der Waals surface area contributed by atoms with Crippen molar-refractivity contribution in [3.05, 3.63) is 161 Å². The number of hydrogen-bond acceptors (Lipinski definition) is 2. The van der Waals surface area contributed by atoms with Crippen LogP contribution < -0.4 is 0 Å². The second-order valence-electron chi connectivity index (χ2n) is 10.8. The van der Waals surface area contributed by atoms with Gasteiger partial charge in [-0.2, -0.15) is 10.5 Å². The molecule has 1 unspecified atom stereocenters. The molecule has 0 spiro atoms.